The lowest BCUT2D eigenvalue weighted by Crippen LogP contribution is -1.90. The minimum Gasteiger partial charge on any atom is -0.298 e. The molecule has 86 valence electrons. The first-order valence-corrected chi connectivity index (χ1v) is 5.73. The van der Waals surface area contributed by atoms with Gasteiger partial charge >= 0.3 is 0 Å². The molecule has 5 heteroatoms. The molecule has 0 amide bonds. The molecule has 0 N–H and O–H groups in total. The van der Waals surface area contributed by atoms with Crippen LogP contribution in [0.25, 0.3) is 0 Å². The van der Waals surface area contributed by atoms with Crippen molar-refractivity contribution in [3.05, 3.63) is 47.5 Å². The van der Waals surface area contributed by atoms with Gasteiger partial charge in [-0.2, -0.15) is 0 Å². The Morgan fingerprint density at radius 3 is 2.82 bits per heavy atom. The van der Waals surface area contributed by atoms with Crippen molar-refractivity contribution in [2.45, 2.75) is 17.0 Å². The number of benzene rings is 1. The third kappa shape index (κ3) is 2.88. The third-order valence-electron chi connectivity index (χ3n) is 2.07. The number of nitrogens with zero attached hydrogens (tertiary/aromatic N) is 2. The van der Waals surface area contributed by atoms with Gasteiger partial charge in [0.15, 0.2) is 5.16 Å². The van der Waals surface area contributed by atoms with Gasteiger partial charge in [0.05, 0.1) is 4.90 Å². The molecule has 1 aromatic heterocycles. The third-order valence-corrected chi connectivity index (χ3v) is 3.00. The Hall–Kier alpha value is -1.75. The number of aldehydes is 1. The van der Waals surface area contributed by atoms with Crippen LogP contribution in [0.5, 0.6) is 0 Å². The van der Waals surface area contributed by atoms with Crippen molar-refractivity contribution in [3.63, 3.8) is 0 Å². The van der Waals surface area contributed by atoms with Crippen LogP contribution < -0.4 is 0 Å². The Morgan fingerprint density at radius 2 is 2.18 bits per heavy atom. The van der Waals surface area contributed by atoms with E-state index < -0.39 is 5.82 Å². The van der Waals surface area contributed by atoms with E-state index in [-0.39, 0.29) is 0 Å². The molecule has 1 heterocycles. The number of rotatable bonds is 3. The molecule has 0 saturated carbocycles. The summed E-state index contributed by atoms with van der Waals surface area (Å²) in [5.41, 5.74) is 1.14. The van der Waals surface area contributed by atoms with E-state index in [0.29, 0.717) is 21.9 Å². The minimum atomic E-state index is -0.440. The Bertz CT molecular complexity index is 560. The van der Waals surface area contributed by atoms with Crippen molar-refractivity contribution in [1.29, 1.82) is 0 Å². The summed E-state index contributed by atoms with van der Waals surface area (Å²) >= 11 is 1.13. The highest BCUT2D eigenvalue weighted by Crippen LogP contribution is 2.27. The van der Waals surface area contributed by atoms with Gasteiger partial charge in [-0.1, -0.05) is 6.07 Å². The highest BCUT2D eigenvalue weighted by molar-refractivity contribution is 7.99. The zero-order valence-electron chi connectivity index (χ0n) is 9.05. The summed E-state index contributed by atoms with van der Waals surface area (Å²) in [7, 11) is 0. The molecule has 0 fully saturated rings. The van der Waals surface area contributed by atoms with Crippen LogP contribution in [-0.2, 0) is 0 Å². The summed E-state index contributed by atoms with van der Waals surface area (Å²) in [4.78, 5) is 19.1. The molecule has 17 heavy (non-hydrogen) atoms. The quantitative estimate of drug-likeness (QED) is 0.618. The second kappa shape index (κ2) is 5.05. The van der Waals surface area contributed by atoms with Crippen LogP contribution >= 0.6 is 11.8 Å². The van der Waals surface area contributed by atoms with E-state index in [9.17, 15) is 9.18 Å². The number of halogens is 1. The number of carbonyl (C=O) groups excluding carboxylic acids is 1. The average molecular weight is 248 g/mol. The van der Waals surface area contributed by atoms with Gasteiger partial charge < -0.3 is 0 Å². The van der Waals surface area contributed by atoms with E-state index in [1.54, 1.807) is 24.4 Å². The molecular formula is C12H9FN2OS. The zero-order valence-corrected chi connectivity index (χ0v) is 9.87. The van der Waals surface area contributed by atoms with Gasteiger partial charge in [0.1, 0.15) is 12.1 Å². The van der Waals surface area contributed by atoms with Gasteiger partial charge in [0, 0.05) is 17.5 Å². The summed E-state index contributed by atoms with van der Waals surface area (Å²) in [6.45, 7) is 1.84. The Labute approximate surface area is 102 Å². The number of hydrogen-bond acceptors (Lipinski definition) is 4. The second-order valence-electron chi connectivity index (χ2n) is 3.39. The maximum atomic E-state index is 13.6. The maximum absolute atomic E-state index is 13.6. The fourth-order valence-corrected chi connectivity index (χ4v) is 2.04. The molecule has 0 radical (unpaired) electrons. The molecule has 0 saturated heterocycles. The normalized spacial score (nSPS) is 10.2. The summed E-state index contributed by atoms with van der Waals surface area (Å²) in [6, 6.07) is 6.09. The number of hydrogen-bond donors (Lipinski definition) is 0. The van der Waals surface area contributed by atoms with Crippen LogP contribution in [0.3, 0.4) is 0 Å². The lowest BCUT2D eigenvalue weighted by molar-refractivity contribution is 0.112. The molecule has 0 aliphatic carbocycles. The van der Waals surface area contributed by atoms with Gasteiger partial charge in [0.2, 0.25) is 0 Å². The summed E-state index contributed by atoms with van der Waals surface area (Å²) in [6.07, 6.45) is 2.24. The van der Waals surface area contributed by atoms with Crippen molar-refractivity contribution in [3.8, 4) is 0 Å². The van der Waals surface area contributed by atoms with E-state index in [1.807, 2.05) is 6.92 Å². The Balaban J connectivity index is 2.27. The molecule has 0 atom stereocenters. The fourth-order valence-electron chi connectivity index (χ4n) is 1.25. The van der Waals surface area contributed by atoms with Crippen LogP contribution in [0.4, 0.5) is 4.39 Å². The average Bonchev–Trinajstić information content (AvgIpc) is 2.32. The first-order valence-electron chi connectivity index (χ1n) is 4.91. The summed E-state index contributed by atoms with van der Waals surface area (Å²) in [5, 5.41) is 0.489. The monoisotopic (exact) mass is 248 g/mol. The summed E-state index contributed by atoms with van der Waals surface area (Å²) in [5.74, 6) is -0.440. The zero-order chi connectivity index (χ0) is 12.3. The van der Waals surface area contributed by atoms with Crippen molar-refractivity contribution in [1.82, 2.24) is 9.97 Å². The molecular weight excluding hydrogens is 239 g/mol. The second-order valence-corrected chi connectivity index (χ2v) is 4.40. The van der Waals surface area contributed by atoms with Gasteiger partial charge in [-0.05, 0) is 36.9 Å². The van der Waals surface area contributed by atoms with E-state index in [1.165, 1.54) is 6.07 Å². The number of aryl methyl sites for hydroxylation is 1. The first-order chi connectivity index (χ1) is 8.19. The van der Waals surface area contributed by atoms with E-state index >= 15 is 0 Å². The molecule has 2 aromatic rings. The van der Waals surface area contributed by atoms with Crippen molar-refractivity contribution < 1.29 is 9.18 Å². The molecule has 0 aliphatic rings. The number of carbonyl (C=O) groups is 1. The van der Waals surface area contributed by atoms with Crippen LogP contribution in [0.1, 0.15) is 16.1 Å². The topological polar surface area (TPSA) is 42.9 Å². The highest BCUT2D eigenvalue weighted by atomic mass is 32.2. The maximum Gasteiger partial charge on any atom is 0.192 e. The molecule has 3 nitrogen and oxygen atoms in total. The Morgan fingerprint density at radius 1 is 1.35 bits per heavy atom. The largest absolute Gasteiger partial charge is 0.298 e. The van der Waals surface area contributed by atoms with Crippen LogP contribution in [0, 0.1) is 12.7 Å². The molecule has 0 aliphatic heterocycles. The summed E-state index contributed by atoms with van der Waals surface area (Å²) < 4.78 is 13.6. The van der Waals surface area contributed by atoms with E-state index in [4.69, 9.17) is 0 Å². The molecule has 0 spiro atoms. The SMILES string of the molecule is Cc1ccnc(Sc2ccc(C=O)cc2F)n1. The molecule has 2 rings (SSSR count). The predicted octanol–water partition coefficient (Wildman–Crippen LogP) is 2.89. The van der Waals surface area contributed by atoms with Crippen LogP contribution in [-0.4, -0.2) is 16.3 Å². The first kappa shape index (κ1) is 11.7. The smallest absolute Gasteiger partial charge is 0.192 e. The minimum absolute atomic E-state index is 0.317. The van der Waals surface area contributed by atoms with E-state index in [2.05, 4.69) is 9.97 Å². The fraction of sp³-hybridized carbons (Fsp3) is 0.0833. The lowest BCUT2D eigenvalue weighted by atomic mass is 10.2. The molecule has 0 unspecified atom stereocenters. The van der Waals surface area contributed by atoms with Crippen molar-refractivity contribution in [2.24, 2.45) is 0 Å². The Kier molecular flexibility index (Phi) is 3.49. The van der Waals surface area contributed by atoms with Crippen LogP contribution in [0.2, 0.25) is 0 Å². The molecule has 0 bridgehead atoms. The van der Waals surface area contributed by atoms with Gasteiger partial charge in [-0.25, -0.2) is 14.4 Å². The predicted molar refractivity (Wildman–Crippen MR) is 62.7 cm³/mol. The van der Waals surface area contributed by atoms with Crippen LogP contribution in [0.15, 0.2) is 40.5 Å². The van der Waals surface area contributed by atoms with Crippen molar-refractivity contribution in [2.75, 3.05) is 0 Å². The van der Waals surface area contributed by atoms with Crippen molar-refractivity contribution >= 4 is 18.0 Å². The van der Waals surface area contributed by atoms with Gasteiger partial charge in [-0.15, -0.1) is 0 Å². The highest BCUT2D eigenvalue weighted by Gasteiger charge is 2.07. The standard InChI is InChI=1S/C12H9FN2OS/c1-8-4-5-14-12(15-8)17-11-3-2-9(7-16)6-10(11)13/h2-7H,1H3. The molecule has 1 aromatic carbocycles. The number of aromatic nitrogens is 2. The van der Waals surface area contributed by atoms with Gasteiger partial charge in [-0.3, -0.25) is 4.79 Å². The van der Waals surface area contributed by atoms with Gasteiger partial charge in [0.25, 0.3) is 0 Å². The van der Waals surface area contributed by atoms with E-state index in [0.717, 1.165) is 17.5 Å². The lowest BCUT2D eigenvalue weighted by Gasteiger charge is -2.02.